The number of hydrogen-bond donors (Lipinski definition) is 1. The van der Waals surface area contributed by atoms with E-state index in [1.54, 1.807) is 16.7 Å². The summed E-state index contributed by atoms with van der Waals surface area (Å²) in [5.41, 5.74) is 3.38. The molecule has 2 heterocycles. The summed E-state index contributed by atoms with van der Waals surface area (Å²) in [6.07, 6.45) is 4.27. The van der Waals surface area contributed by atoms with Crippen molar-refractivity contribution in [3.8, 4) is 0 Å². The van der Waals surface area contributed by atoms with Crippen LogP contribution in [0, 0.1) is 0 Å². The van der Waals surface area contributed by atoms with Gasteiger partial charge in [-0.1, -0.05) is 54.3 Å². The summed E-state index contributed by atoms with van der Waals surface area (Å²) in [7, 11) is -3.27. The molecule has 1 aliphatic heterocycles. The first-order chi connectivity index (χ1) is 12.5. The summed E-state index contributed by atoms with van der Waals surface area (Å²) < 4.78 is 27.4. The molecule has 0 aliphatic carbocycles. The van der Waals surface area contributed by atoms with Crippen LogP contribution in [0.15, 0.2) is 48.8 Å². The summed E-state index contributed by atoms with van der Waals surface area (Å²) in [5, 5.41) is 3.12. The van der Waals surface area contributed by atoms with Gasteiger partial charge in [0.05, 0.1) is 5.75 Å². The van der Waals surface area contributed by atoms with Gasteiger partial charge in [0, 0.05) is 37.8 Å². The lowest BCUT2D eigenvalue weighted by Gasteiger charge is -2.28. The van der Waals surface area contributed by atoms with E-state index in [4.69, 9.17) is 12.2 Å². The Balaban J connectivity index is 1.44. The molecule has 1 aromatic heterocycles. The molecular formula is C18H21N3O2S3. The highest BCUT2D eigenvalue weighted by atomic mass is 32.2. The first-order valence-corrected chi connectivity index (χ1v) is 11.4. The topological polar surface area (TPSA) is 62.3 Å². The minimum absolute atomic E-state index is 0.0918. The zero-order chi connectivity index (χ0) is 18.4. The van der Waals surface area contributed by atoms with E-state index < -0.39 is 10.0 Å². The largest absolute Gasteiger partial charge is 0.367 e. The molecule has 26 heavy (non-hydrogen) atoms. The quantitative estimate of drug-likeness (QED) is 0.743. The highest BCUT2D eigenvalue weighted by Gasteiger charge is 2.26. The molecule has 8 heteroatoms. The Bertz CT molecular complexity index is 857. The molecule has 1 aliphatic rings. The fraction of sp³-hybridized carbons (Fsp3) is 0.333. The van der Waals surface area contributed by atoms with E-state index in [1.165, 1.54) is 17.3 Å². The number of thioether (sulfide) groups is 1. The van der Waals surface area contributed by atoms with E-state index in [9.17, 15) is 8.42 Å². The van der Waals surface area contributed by atoms with Gasteiger partial charge in [0.25, 0.3) is 0 Å². The van der Waals surface area contributed by atoms with Gasteiger partial charge in [0.15, 0.2) is 0 Å². The lowest BCUT2D eigenvalue weighted by atomic mass is 10.0. The molecule has 1 N–H and O–H groups in total. The van der Waals surface area contributed by atoms with Gasteiger partial charge in [0.1, 0.15) is 4.32 Å². The highest BCUT2D eigenvalue weighted by molar-refractivity contribution is 8.23. The number of sulfonamides is 1. The second kappa shape index (κ2) is 8.94. The smallest absolute Gasteiger partial charge is 0.215 e. The van der Waals surface area contributed by atoms with E-state index in [2.05, 4.69) is 16.4 Å². The van der Waals surface area contributed by atoms with Gasteiger partial charge < -0.3 is 5.32 Å². The van der Waals surface area contributed by atoms with Crippen LogP contribution >= 0.6 is 24.0 Å². The number of nitrogens with one attached hydrogen (secondary N) is 1. The third-order valence-electron chi connectivity index (χ3n) is 4.22. The molecule has 0 spiro atoms. The van der Waals surface area contributed by atoms with Gasteiger partial charge in [-0.2, -0.15) is 4.31 Å². The number of rotatable bonds is 6. The summed E-state index contributed by atoms with van der Waals surface area (Å²) >= 11 is 6.64. The number of thiocarbonyl (C=S) groups is 1. The van der Waals surface area contributed by atoms with Gasteiger partial charge in [-0.3, -0.25) is 4.98 Å². The molecule has 1 aromatic carbocycles. The lowest BCUT2D eigenvalue weighted by molar-refractivity contribution is 0.392. The zero-order valence-electron chi connectivity index (χ0n) is 14.3. The number of benzene rings is 1. The molecule has 0 bridgehead atoms. The maximum atomic E-state index is 12.6. The molecule has 0 saturated heterocycles. The van der Waals surface area contributed by atoms with Crippen LogP contribution in [-0.2, 0) is 29.5 Å². The van der Waals surface area contributed by atoms with Crippen molar-refractivity contribution in [2.45, 2.75) is 19.5 Å². The van der Waals surface area contributed by atoms with E-state index in [0.717, 1.165) is 17.5 Å². The molecule has 2 aromatic rings. The molecule has 0 fully saturated rings. The van der Waals surface area contributed by atoms with Crippen molar-refractivity contribution in [2.75, 3.05) is 18.1 Å². The second-order valence-corrected chi connectivity index (χ2v) is 9.88. The van der Waals surface area contributed by atoms with Crippen LogP contribution in [0.3, 0.4) is 0 Å². The van der Waals surface area contributed by atoms with E-state index in [1.807, 2.05) is 30.3 Å². The third-order valence-corrected chi connectivity index (χ3v) is 7.61. The Morgan fingerprint density at radius 2 is 2.04 bits per heavy atom. The van der Waals surface area contributed by atoms with Crippen molar-refractivity contribution < 1.29 is 8.42 Å². The normalized spacial score (nSPS) is 14.6. The molecular weight excluding hydrogens is 386 g/mol. The Labute approximate surface area is 164 Å². The first kappa shape index (κ1) is 19.3. The summed E-state index contributed by atoms with van der Waals surface area (Å²) in [4.78, 5) is 4.05. The van der Waals surface area contributed by atoms with E-state index in [-0.39, 0.29) is 5.75 Å². The average Bonchev–Trinajstić information content (AvgIpc) is 2.66. The Kier molecular flexibility index (Phi) is 6.63. The lowest BCUT2D eigenvalue weighted by Crippen LogP contribution is -2.38. The molecule has 3 rings (SSSR count). The minimum atomic E-state index is -3.27. The second-order valence-electron chi connectivity index (χ2n) is 6.02. The van der Waals surface area contributed by atoms with Gasteiger partial charge in [0.2, 0.25) is 10.0 Å². The summed E-state index contributed by atoms with van der Waals surface area (Å²) in [6, 6.07) is 11.9. The number of nitrogens with zero attached hydrogens (tertiary/aromatic N) is 2. The summed E-state index contributed by atoms with van der Waals surface area (Å²) in [6.45, 7) is 1.61. The molecule has 5 nitrogen and oxygen atoms in total. The SMILES string of the molecule is O=S(=O)(CCSC(=S)NCc1cccnc1)N1CCc2ccccc2C1. The van der Waals surface area contributed by atoms with Crippen molar-refractivity contribution in [3.63, 3.8) is 0 Å². The van der Waals surface area contributed by atoms with E-state index in [0.29, 0.717) is 29.7 Å². The number of hydrogen-bond acceptors (Lipinski definition) is 5. The molecule has 0 amide bonds. The Morgan fingerprint density at radius 3 is 2.81 bits per heavy atom. The maximum Gasteiger partial charge on any atom is 0.215 e. The van der Waals surface area contributed by atoms with Gasteiger partial charge in [-0.15, -0.1) is 0 Å². The number of pyridine rings is 1. The Hall–Kier alpha value is -1.48. The predicted octanol–water partition coefficient (Wildman–Crippen LogP) is 2.58. The predicted molar refractivity (Wildman–Crippen MR) is 110 cm³/mol. The third kappa shape index (κ3) is 5.26. The molecule has 0 atom stereocenters. The highest BCUT2D eigenvalue weighted by Crippen LogP contribution is 2.21. The van der Waals surface area contributed by atoms with Crippen molar-refractivity contribution in [1.29, 1.82) is 0 Å². The van der Waals surface area contributed by atoms with E-state index >= 15 is 0 Å². The van der Waals surface area contributed by atoms with Crippen LogP contribution in [0.5, 0.6) is 0 Å². The van der Waals surface area contributed by atoms with Gasteiger partial charge in [-0.25, -0.2) is 8.42 Å². The minimum Gasteiger partial charge on any atom is -0.367 e. The van der Waals surface area contributed by atoms with Crippen LogP contribution in [0.4, 0.5) is 0 Å². The van der Waals surface area contributed by atoms with Gasteiger partial charge in [-0.05, 0) is 29.2 Å². The first-order valence-electron chi connectivity index (χ1n) is 8.39. The molecule has 0 unspecified atom stereocenters. The van der Waals surface area contributed by atoms with Crippen LogP contribution in [0.25, 0.3) is 0 Å². The van der Waals surface area contributed by atoms with Crippen molar-refractivity contribution >= 4 is 38.3 Å². The number of aromatic nitrogens is 1. The maximum absolute atomic E-state index is 12.6. The molecule has 138 valence electrons. The summed E-state index contributed by atoms with van der Waals surface area (Å²) in [5.74, 6) is 0.536. The number of fused-ring (bicyclic) bond motifs is 1. The average molecular weight is 408 g/mol. The van der Waals surface area contributed by atoms with Gasteiger partial charge >= 0.3 is 0 Å². The van der Waals surface area contributed by atoms with Crippen molar-refractivity contribution in [1.82, 2.24) is 14.6 Å². The fourth-order valence-corrected chi connectivity index (χ4v) is 5.63. The monoisotopic (exact) mass is 407 g/mol. The fourth-order valence-electron chi connectivity index (χ4n) is 2.80. The van der Waals surface area contributed by atoms with Crippen molar-refractivity contribution in [2.24, 2.45) is 0 Å². The van der Waals surface area contributed by atoms with Crippen LogP contribution < -0.4 is 5.32 Å². The molecule has 0 radical (unpaired) electrons. The van der Waals surface area contributed by atoms with Crippen molar-refractivity contribution in [3.05, 3.63) is 65.5 Å². The van der Waals surface area contributed by atoms with Crippen LogP contribution in [0.2, 0.25) is 0 Å². The van der Waals surface area contributed by atoms with Crippen LogP contribution in [-0.4, -0.2) is 40.1 Å². The van der Waals surface area contributed by atoms with Crippen LogP contribution in [0.1, 0.15) is 16.7 Å². The molecule has 0 saturated carbocycles. The Morgan fingerprint density at radius 1 is 1.23 bits per heavy atom. The zero-order valence-corrected chi connectivity index (χ0v) is 16.7. The standard InChI is InChI=1S/C18H21N3O2S3/c22-26(23,21-9-7-16-5-1-2-6-17(16)14-21)11-10-25-18(24)20-13-15-4-3-8-19-12-15/h1-6,8,12H,7,9-11,13-14H2,(H,20,24).